The molecule has 1 aliphatic rings. The third kappa shape index (κ3) is 1.00. The number of hydrogen-bond donors (Lipinski definition) is 3. The summed E-state index contributed by atoms with van der Waals surface area (Å²) in [7, 11) is 0. The molecule has 4 N–H and O–H groups in total. The van der Waals surface area contributed by atoms with Crippen molar-refractivity contribution in [2.45, 2.75) is 12.5 Å². The van der Waals surface area contributed by atoms with Crippen molar-refractivity contribution in [2.24, 2.45) is 5.73 Å². The topological polar surface area (TPSA) is 70.9 Å². The van der Waals surface area contributed by atoms with Gasteiger partial charge in [-0.15, -0.1) is 0 Å². The lowest BCUT2D eigenvalue weighted by Crippen LogP contribution is -2.23. The van der Waals surface area contributed by atoms with E-state index in [1.807, 2.05) is 6.07 Å². The van der Waals surface area contributed by atoms with Crippen LogP contribution in [0.1, 0.15) is 28.5 Å². The molecule has 0 fully saturated rings. The van der Waals surface area contributed by atoms with Gasteiger partial charge < -0.3 is 16.0 Å². The quantitative estimate of drug-likeness (QED) is 0.512. The van der Waals surface area contributed by atoms with Gasteiger partial charge >= 0.3 is 0 Å². The third-order valence-electron chi connectivity index (χ3n) is 2.15. The molecule has 1 unspecified atom stereocenters. The first-order valence-corrected chi connectivity index (χ1v) is 4.00. The Balaban J connectivity index is 2.45. The van der Waals surface area contributed by atoms with Gasteiger partial charge in [-0.1, -0.05) is 0 Å². The molecule has 0 bridgehead atoms. The van der Waals surface area contributed by atoms with Gasteiger partial charge in [-0.05, 0) is 18.1 Å². The van der Waals surface area contributed by atoms with Crippen LogP contribution in [0.5, 0.6) is 0 Å². The zero-order valence-corrected chi connectivity index (χ0v) is 6.63. The van der Waals surface area contributed by atoms with Crippen LogP contribution < -0.4 is 11.1 Å². The van der Waals surface area contributed by atoms with E-state index < -0.39 is 0 Å². The fourth-order valence-corrected chi connectivity index (χ4v) is 1.47. The summed E-state index contributed by atoms with van der Waals surface area (Å²) in [5, 5.41) is 2.77. The van der Waals surface area contributed by atoms with Crippen LogP contribution in [-0.2, 0) is 0 Å². The summed E-state index contributed by atoms with van der Waals surface area (Å²) in [6, 6.07) is 1.84. The Hall–Kier alpha value is -1.29. The minimum atomic E-state index is -0.0528. The van der Waals surface area contributed by atoms with Crippen molar-refractivity contribution >= 4 is 5.91 Å². The van der Waals surface area contributed by atoms with E-state index in [-0.39, 0.29) is 11.9 Å². The zero-order valence-electron chi connectivity index (χ0n) is 6.63. The first-order chi connectivity index (χ1) is 5.79. The fraction of sp³-hybridized carbons (Fsp3) is 0.375. The van der Waals surface area contributed by atoms with Crippen LogP contribution in [-0.4, -0.2) is 17.4 Å². The Morgan fingerprint density at radius 2 is 2.42 bits per heavy atom. The lowest BCUT2D eigenvalue weighted by molar-refractivity contribution is 0.0951. The van der Waals surface area contributed by atoms with Crippen LogP contribution in [0.4, 0.5) is 0 Å². The summed E-state index contributed by atoms with van der Waals surface area (Å²) in [5.74, 6) is -0.0528. The predicted octanol–water partition coefficient (Wildman–Crippen LogP) is 0.148. The molecule has 64 valence electrons. The summed E-state index contributed by atoms with van der Waals surface area (Å²) in [5.41, 5.74) is 7.37. The molecule has 0 radical (unpaired) electrons. The Labute approximate surface area is 70.1 Å². The standard InChI is InChI=1S/C8H11N3O/c9-6-2-4-11-8(12)7-5(6)1-3-10-7/h1,3,6,10H,2,4,9H2,(H,11,12). The highest BCUT2D eigenvalue weighted by Crippen LogP contribution is 2.19. The van der Waals surface area contributed by atoms with Crippen LogP contribution in [0.25, 0.3) is 0 Å². The van der Waals surface area contributed by atoms with Gasteiger partial charge in [0, 0.05) is 18.8 Å². The van der Waals surface area contributed by atoms with Crippen molar-refractivity contribution in [3.05, 3.63) is 23.5 Å². The molecular weight excluding hydrogens is 154 g/mol. The van der Waals surface area contributed by atoms with Gasteiger partial charge in [-0.25, -0.2) is 0 Å². The van der Waals surface area contributed by atoms with E-state index in [0.29, 0.717) is 12.2 Å². The van der Waals surface area contributed by atoms with Crippen molar-refractivity contribution < 1.29 is 4.79 Å². The van der Waals surface area contributed by atoms with E-state index in [0.717, 1.165) is 12.0 Å². The van der Waals surface area contributed by atoms with Crippen LogP contribution in [0.2, 0.25) is 0 Å². The number of nitrogens with one attached hydrogen (secondary N) is 2. The maximum absolute atomic E-state index is 11.3. The number of hydrogen-bond acceptors (Lipinski definition) is 2. The molecule has 1 atom stereocenters. The lowest BCUT2D eigenvalue weighted by atomic mass is 10.1. The average Bonchev–Trinajstić information content (AvgIpc) is 2.47. The number of nitrogens with two attached hydrogens (primary N) is 1. The Morgan fingerprint density at radius 1 is 1.58 bits per heavy atom. The van der Waals surface area contributed by atoms with Crippen molar-refractivity contribution in [1.29, 1.82) is 0 Å². The van der Waals surface area contributed by atoms with E-state index >= 15 is 0 Å². The van der Waals surface area contributed by atoms with Crippen molar-refractivity contribution in [1.82, 2.24) is 10.3 Å². The second-order valence-corrected chi connectivity index (χ2v) is 2.96. The molecule has 12 heavy (non-hydrogen) atoms. The minimum absolute atomic E-state index is 0.0230. The second-order valence-electron chi connectivity index (χ2n) is 2.96. The second kappa shape index (κ2) is 2.64. The number of carbonyl (C=O) groups is 1. The van der Waals surface area contributed by atoms with Gasteiger partial charge in [0.2, 0.25) is 0 Å². The molecule has 1 aromatic rings. The highest BCUT2D eigenvalue weighted by molar-refractivity contribution is 5.94. The van der Waals surface area contributed by atoms with Gasteiger partial charge in [0.1, 0.15) is 5.69 Å². The predicted molar refractivity (Wildman–Crippen MR) is 44.7 cm³/mol. The van der Waals surface area contributed by atoms with Gasteiger partial charge in [0.25, 0.3) is 5.91 Å². The summed E-state index contributed by atoms with van der Waals surface area (Å²) in [6.45, 7) is 0.655. The maximum atomic E-state index is 11.3. The number of fused-ring (bicyclic) bond motifs is 1. The van der Waals surface area contributed by atoms with E-state index in [9.17, 15) is 4.79 Å². The highest BCUT2D eigenvalue weighted by Gasteiger charge is 2.20. The molecule has 0 aliphatic carbocycles. The Kier molecular flexibility index (Phi) is 1.62. The number of H-pyrrole nitrogens is 1. The average molecular weight is 165 g/mol. The van der Waals surface area contributed by atoms with Gasteiger partial charge in [0.15, 0.2) is 0 Å². The molecule has 2 rings (SSSR count). The number of aromatic nitrogens is 1. The SMILES string of the molecule is NC1CCNC(=O)c2[nH]ccc21. The number of rotatable bonds is 0. The van der Waals surface area contributed by atoms with Gasteiger partial charge in [-0.3, -0.25) is 4.79 Å². The normalized spacial score (nSPS) is 22.8. The van der Waals surface area contributed by atoms with E-state index in [1.54, 1.807) is 6.20 Å². The van der Waals surface area contributed by atoms with Crippen molar-refractivity contribution in [2.75, 3.05) is 6.54 Å². The smallest absolute Gasteiger partial charge is 0.268 e. The molecule has 2 heterocycles. The Morgan fingerprint density at radius 3 is 3.25 bits per heavy atom. The fourth-order valence-electron chi connectivity index (χ4n) is 1.47. The van der Waals surface area contributed by atoms with E-state index in [2.05, 4.69) is 10.3 Å². The highest BCUT2D eigenvalue weighted by atomic mass is 16.1. The van der Waals surface area contributed by atoms with E-state index in [4.69, 9.17) is 5.73 Å². The van der Waals surface area contributed by atoms with Crippen LogP contribution in [0.15, 0.2) is 12.3 Å². The zero-order chi connectivity index (χ0) is 8.55. The first-order valence-electron chi connectivity index (χ1n) is 4.00. The van der Waals surface area contributed by atoms with Crippen LogP contribution in [0.3, 0.4) is 0 Å². The van der Waals surface area contributed by atoms with E-state index in [1.165, 1.54) is 0 Å². The molecule has 4 heteroatoms. The summed E-state index contributed by atoms with van der Waals surface area (Å²) >= 11 is 0. The maximum Gasteiger partial charge on any atom is 0.268 e. The molecule has 4 nitrogen and oxygen atoms in total. The van der Waals surface area contributed by atoms with Crippen molar-refractivity contribution in [3.63, 3.8) is 0 Å². The third-order valence-corrected chi connectivity index (χ3v) is 2.15. The summed E-state index contributed by atoms with van der Waals surface area (Å²) in [4.78, 5) is 14.2. The number of aromatic amines is 1. The molecule has 0 aromatic carbocycles. The summed E-state index contributed by atoms with van der Waals surface area (Å²) in [6.07, 6.45) is 2.55. The molecule has 0 saturated heterocycles. The van der Waals surface area contributed by atoms with Crippen molar-refractivity contribution in [3.8, 4) is 0 Å². The molecule has 1 amide bonds. The number of carbonyl (C=O) groups excluding carboxylic acids is 1. The first kappa shape index (κ1) is 7.36. The monoisotopic (exact) mass is 165 g/mol. The van der Waals surface area contributed by atoms with Crippen LogP contribution in [0, 0.1) is 0 Å². The molecule has 1 aromatic heterocycles. The van der Waals surface area contributed by atoms with Crippen LogP contribution >= 0.6 is 0 Å². The van der Waals surface area contributed by atoms with Gasteiger partial charge in [-0.2, -0.15) is 0 Å². The minimum Gasteiger partial charge on any atom is -0.357 e. The lowest BCUT2D eigenvalue weighted by Gasteiger charge is -2.05. The molecule has 0 saturated carbocycles. The number of amides is 1. The Bertz CT molecular complexity index is 305. The summed E-state index contributed by atoms with van der Waals surface area (Å²) < 4.78 is 0. The molecule has 1 aliphatic heterocycles. The molecular formula is C8H11N3O. The molecule has 0 spiro atoms. The largest absolute Gasteiger partial charge is 0.357 e. The van der Waals surface area contributed by atoms with Gasteiger partial charge in [0.05, 0.1) is 0 Å².